The Labute approximate surface area is 231 Å². The van der Waals surface area contributed by atoms with Crippen molar-refractivity contribution in [1.29, 1.82) is 0 Å². The fraction of sp³-hybridized carbons (Fsp3) is 0.310. The topological polar surface area (TPSA) is 49.4 Å². The van der Waals surface area contributed by atoms with Crippen LogP contribution in [0.1, 0.15) is 36.5 Å². The number of rotatable bonds is 13. The molecule has 36 heavy (non-hydrogen) atoms. The normalized spacial score (nSPS) is 11.6. The second-order valence-corrected chi connectivity index (χ2v) is 11.0. The summed E-state index contributed by atoms with van der Waals surface area (Å²) in [5.41, 5.74) is 3.06. The van der Waals surface area contributed by atoms with Gasteiger partial charge < -0.3 is 10.2 Å². The summed E-state index contributed by atoms with van der Waals surface area (Å²) < 4.78 is 1.03. The van der Waals surface area contributed by atoms with E-state index in [1.807, 2.05) is 78.9 Å². The van der Waals surface area contributed by atoms with E-state index >= 15 is 0 Å². The van der Waals surface area contributed by atoms with Gasteiger partial charge in [0, 0.05) is 34.8 Å². The lowest BCUT2D eigenvalue weighted by Gasteiger charge is -2.31. The smallest absolute Gasteiger partial charge is 0.243 e. The summed E-state index contributed by atoms with van der Waals surface area (Å²) >= 11 is 11.2. The van der Waals surface area contributed by atoms with Crippen molar-refractivity contribution in [2.45, 2.75) is 44.5 Å². The van der Waals surface area contributed by atoms with Crippen LogP contribution in [-0.2, 0) is 28.3 Å². The van der Waals surface area contributed by atoms with Gasteiger partial charge in [0.05, 0.1) is 5.75 Å². The Kier molecular flexibility index (Phi) is 11.9. The van der Waals surface area contributed by atoms with Crippen molar-refractivity contribution in [3.8, 4) is 0 Å². The lowest BCUT2D eigenvalue weighted by Crippen LogP contribution is -2.51. The van der Waals surface area contributed by atoms with Crippen LogP contribution in [0.4, 0.5) is 0 Å². The minimum atomic E-state index is -0.621. The average molecular weight is 588 g/mol. The maximum absolute atomic E-state index is 13.6. The van der Waals surface area contributed by atoms with Crippen molar-refractivity contribution in [2.24, 2.45) is 0 Å². The van der Waals surface area contributed by atoms with E-state index in [2.05, 4.69) is 28.2 Å². The molecule has 3 aromatic rings. The van der Waals surface area contributed by atoms with Crippen molar-refractivity contribution in [3.63, 3.8) is 0 Å². The zero-order valence-electron chi connectivity index (χ0n) is 20.5. The first kappa shape index (κ1) is 28.3. The first-order valence-electron chi connectivity index (χ1n) is 12.1. The second kappa shape index (κ2) is 15.1. The van der Waals surface area contributed by atoms with Crippen LogP contribution in [0.15, 0.2) is 83.3 Å². The number of halogens is 2. The van der Waals surface area contributed by atoms with Crippen LogP contribution in [-0.4, -0.2) is 35.1 Å². The van der Waals surface area contributed by atoms with Gasteiger partial charge in [-0.2, -0.15) is 0 Å². The van der Waals surface area contributed by atoms with Crippen molar-refractivity contribution >= 4 is 51.1 Å². The molecular formula is C29H32BrClN2O2S. The quantitative estimate of drug-likeness (QED) is 0.222. The number of nitrogens with one attached hydrogen (secondary N) is 1. The van der Waals surface area contributed by atoms with E-state index in [0.29, 0.717) is 24.5 Å². The molecule has 3 aromatic carbocycles. The van der Waals surface area contributed by atoms with Crippen molar-refractivity contribution in [2.75, 3.05) is 12.3 Å². The molecule has 0 bridgehead atoms. The van der Waals surface area contributed by atoms with Gasteiger partial charge in [-0.25, -0.2) is 0 Å². The maximum atomic E-state index is 13.6. The molecule has 0 aliphatic rings. The second-order valence-electron chi connectivity index (χ2n) is 8.62. The zero-order chi connectivity index (χ0) is 25.8. The summed E-state index contributed by atoms with van der Waals surface area (Å²) in [6.07, 6.45) is 2.33. The highest BCUT2D eigenvalue weighted by molar-refractivity contribution is 9.10. The number of carbonyl (C=O) groups excluding carboxylic acids is 2. The van der Waals surface area contributed by atoms with Crippen molar-refractivity contribution in [1.82, 2.24) is 10.2 Å². The first-order chi connectivity index (χ1) is 17.5. The van der Waals surface area contributed by atoms with Gasteiger partial charge in [-0.3, -0.25) is 9.59 Å². The van der Waals surface area contributed by atoms with Crippen LogP contribution in [0.2, 0.25) is 5.02 Å². The van der Waals surface area contributed by atoms with Gasteiger partial charge in [-0.1, -0.05) is 95.5 Å². The lowest BCUT2D eigenvalue weighted by atomic mass is 10.0. The van der Waals surface area contributed by atoms with E-state index in [0.717, 1.165) is 39.8 Å². The van der Waals surface area contributed by atoms with Gasteiger partial charge in [-0.05, 0) is 47.4 Å². The summed E-state index contributed by atoms with van der Waals surface area (Å²) in [5, 5.41) is 3.66. The van der Waals surface area contributed by atoms with Gasteiger partial charge in [0.2, 0.25) is 11.8 Å². The first-order valence-corrected chi connectivity index (χ1v) is 14.5. The van der Waals surface area contributed by atoms with Crippen molar-refractivity contribution < 1.29 is 9.59 Å². The van der Waals surface area contributed by atoms with Crippen LogP contribution < -0.4 is 5.32 Å². The van der Waals surface area contributed by atoms with Gasteiger partial charge in [0.1, 0.15) is 6.04 Å². The number of thioether (sulfide) groups is 1. The van der Waals surface area contributed by atoms with Gasteiger partial charge in [0.25, 0.3) is 0 Å². The number of carbonyl (C=O) groups is 2. The highest BCUT2D eigenvalue weighted by Gasteiger charge is 2.30. The highest BCUT2D eigenvalue weighted by atomic mass is 79.9. The Bertz CT molecular complexity index is 1110. The molecule has 0 radical (unpaired) electrons. The van der Waals surface area contributed by atoms with E-state index in [-0.39, 0.29) is 17.6 Å². The molecule has 0 aliphatic heterocycles. The van der Waals surface area contributed by atoms with Gasteiger partial charge >= 0.3 is 0 Å². The molecule has 0 heterocycles. The molecule has 1 atom stereocenters. The molecule has 0 aliphatic carbocycles. The SMILES string of the molecule is CCCCNC(=O)[C@@H](Cc1ccccc1)N(Cc1cccc(Cl)c1)C(=O)CSCc1ccc(Br)cc1. The molecule has 0 fully saturated rings. The van der Waals surface area contributed by atoms with Crippen LogP contribution in [0.5, 0.6) is 0 Å². The fourth-order valence-corrected chi connectivity index (χ4v) is 5.16. The van der Waals surface area contributed by atoms with E-state index in [1.165, 1.54) is 0 Å². The highest BCUT2D eigenvalue weighted by Crippen LogP contribution is 2.21. The molecule has 0 spiro atoms. The average Bonchev–Trinajstić information content (AvgIpc) is 2.88. The Morgan fingerprint density at radius 2 is 1.69 bits per heavy atom. The standard InChI is InChI=1S/C29H32BrClN2O2S/c1-2-3-16-32-29(35)27(18-22-8-5-4-6-9-22)33(19-24-10-7-11-26(31)17-24)28(34)21-36-20-23-12-14-25(30)15-13-23/h4-15,17,27H,2-3,16,18-21H2,1H3,(H,32,35)/t27-/m1/s1. The molecule has 0 saturated heterocycles. The molecule has 2 amide bonds. The predicted molar refractivity (Wildman–Crippen MR) is 154 cm³/mol. The predicted octanol–water partition coefficient (Wildman–Crippen LogP) is 6.89. The third-order valence-electron chi connectivity index (χ3n) is 5.75. The maximum Gasteiger partial charge on any atom is 0.243 e. The number of hydrogen-bond acceptors (Lipinski definition) is 3. The molecule has 0 saturated carbocycles. The number of unbranched alkanes of at least 4 members (excludes halogenated alkanes) is 1. The van der Waals surface area contributed by atoms with Gasteiger partial charge in [-0.15, -0.1) is 11.8 Å². The van der Waals surface area contributed by atoms with Crippen LogP contribution in [0.25, 0.3) is 0 Å². The minimum absolute atomic E-state index is 0.0661. The molecular weight excluding hydrogens is 556 g/mol. The van der Waals surface area contributed by atoms with Crippen molar-refractivity contribution in [3.05, 3.63) is 105 Å². The third-order valence-corrected chi connectivity index (χ3v) is 7.50. The summed E-state index contributed by atoms with van der Waals surface area (Å²) in [6.45, 7) is 3.00. The molecule has 7 heteroatoms. The van der Waals surface area contributed by atoms with E-state index in [4.69, 9.17) is 11.6 Å². The molecule has 4 nitrogen and oxygen atoms in total. The molecule has 0 aromatic heterocycles. The zero-order valence-corrected chi connectivity index (χ0v) is 23.6. The summed E-state index contributed by atoms with van der Waals surface area (Å²) in [5.74, 6) is 0.810. The monoisotopic (exact) mass is 586 g/mol. The van der Waals surface area contributed by atoms with Gasteiger partial charge in [0.15, 0.2) is 0 Å². The fourth-order valence-electron chi connectivity index (χ4n) is 3.81. The Balaban J connectivity index is 1.82. The number of nitrogens with zero attached hydrogens (tertiary/aromatic N) is 1. The number of hydrogen-bond donors (Lipinski definition) is 1. The number of amides is 2. The number of benzene rings is 3. The largest absolute Gasteiger partial charge is 0.354 e. The summed E-state index contributed by atoms with van der Waals surface area (Å²) in [6, 6.07) is 24.8. The molecule has 0 unspecified atom stereocenters. The third kappa shape index (κ3) is 9.30. The molecule has 3 rings (SSSR count). The Hall–Kier alpha value is -2.28. The van der Waals surface area contributed by atoms with E-state index in [1.54, 1.807) is 16.7 Å². The van der Waals surface area contributed by atoms with E-state index in [9.17, 15) is 9.59 Å². The van der Waals surface area contributed by atoms with Crippen LogP contribution >= 0.6 is 39.3 Å². The Morgan fingerprint density at radius 1 is 0.972 bits per heavy atom. The lowest BCUT2D eigenvalue weighted by molar-refractivity contribution is -0.139. The summed E-state index contributed by atoms with van der Waals surface area (Å²) in [4.78, 5) is 28.8. The minimum Gasteiger partial charge on any atom is -0.354 e. The molecule has 190 valence electrons. The van der Waals surface area contributed by atoms with Crippen LogP contribution in [0.3, 0.4) is 0 Å². The van der Waals surface area contributed by atoms with Crippen LogP contribution in [0, 0.1) is 0 Å². The summed E-state index contributed by atoms with van der Waals surface area (Å²) in [7, 11) is 0. The van der Waals surface area contributed by atoms with E-state index < -0.39 is 6.04 Å². The molecule has 1 N–H and O–H groups in total. The Morgan fingerprint density at radius 3 is 2.39 bits per heavy atom.